The molecule has 1 N–H and O–H groups in total. The molecule has 2 aliphatic rings. The molecular formula is C28H41N3O3. The van der Waals surface area contributed by atoms with Crippen molar-refractivity contribution in [3.05, 3.63) is 48.6 Å². The van der Waals surface area contributed by atoms with Gasteiger partial charge in [0.15, 0.2) is 0 Å². The molecule has 186 valence electrons. The minimum atomic E-state index is -0.0203. The Morgan fingerprint density at radius 3 is 2.68 bits per heavy atom. The average molecular weight is 468 g/mol. The van der Waals surface area contributed by atoms with Gasteiger partial charge in [0, 0.05) is 31.9 Å². The third-order valence-corrected chi connectivity index (χ3v) is 6.69. The van der Waals surface area contributed by atoms with Gasteiger partial charge >= 0.3 is 0 Å². The molecule has 0 spiro atoms. The summed E-state index contributed by atoms with van der Waals surface area (Å²) in [6.45, 7) is 11.5. The van der Waals surface area contributed by atoms with E-state index in [0.717, 1.165) is 56.2 Å². The second-order valence-electron chi connectivity index (χ2n) is 9.26. The highest BCUT2D eigenvalue weighted by Gasteiger charge is 2.21. The molecule has 3 rings (SSSR count). The summed E-state index contributed by atoms with van der Waals surface area (Å²) in [5.41, 5.74) is 1.93. The highest BCUT2D eigenvalue weighted by Crippen LogP contribution is 2.26. The van der Waals surface area contributed by atoms with Crippen molar-refractivity contribution in [3.8, 4) is 5.75 Å². The summed E-state index contributed by atoms with van der Waals surface area (Å²) in [5, 5.41) is 3.13. The lowest BCUT2D eigenvalue weighted by atomic mass is 9.84. The van der Waals surface area contributed by atoms with Crippen LogP contribution in [0.15, 0.2) is 48.0 Å². The fraction of sp³-hybridized carbons (Fsp3) is 0.571. The van der Waals surface area contributed by atoms with Crippen LogP contribution in [-0.4, -0.2) is 69.1 Å². The maximum absolute atomic E-state index is 12.4. The number of morpholine rings is 1. The zero-order valence-corrected chi connectivity index (χ0v) is 20.7. The van der Waals surface area contributed by atoms with Gasteiger partial charge in [0.2, 0.25) is 5.91 Å². The van der Waals surface area contributed by atoms with Crippen LogP contribution in [0.4, 0.5) is 0 Å². The standard InChI is InChI=1S/C28H41N3O3/c1-3-8-26(21-29-22-28(32)30-23(2)24-9-5-4-6-10-24)25-11-13-27(14-12-25)34-18-7-15-31-16-19-33-20-17-31/h3,8,11-14,21,23-24H,1,4-7,9-10,15-20,22H2,2H3,(H,30,32)/b26-8+,29-21?/t23-/m0/s1. The lowest BCUT2D eigenvalue weighted by Crippen LogP contribution is -2.40. The van der Waals surface area contributed by atoms with Gasteiger partial charge in [-0.15, -0.1) is 0 Å². The molecule has 1 aromatic carbocycles. The van der Waals surface area contributed by atoms with Crippen LogP contribution < -0.4 is 10.1 Å². The van der Waals surface area contributed by atoms with Gasteiger partial charge in [-0.25, -0.2) is 0 Å². The van der Waals surface area contributed by atoms with E-state index in [4.69, 9.17) is 9.47 Å². The number of amides is 1. The third-order valence-electron chi connectivity index (χ3n) is 6.69. The first-order valence-corrected chi connectivity index (χ1v) is 12.8. The smallest absolute Gasteiger partial charge is 0.241 e. The van der Waals surface area contributed by atoms with Gasteiger partial charge in [-0.1, -0.05) is 50.1 Å². The van der Waals surface area contributed by atoms with Crippen LogP contribution in [0.25, 0.3) is 5.57 Å². The number of rotatable bonds is 12. The van der Waals surface area contributed by atoms with Gasteiger partial charge in [-0.05, 0) is 55.4 Å². The maximum Gasteiger partial charge on any atom is 0.241 e. The summed E-state index contributed by atoms with van der Waals surface area (Å²) in [5.74, 6) is 1.43. The Kier molecular flexibility index (Phi) is 11.3. The van der Waals surface area contributed by atoms with Crippen molar-refractivity contribution in [1.82, 2.24) is 10.2 Å². The Bertz CT molecular complexity index is 807. The largest absolute Gasteiger partial charge is 0.494 e. The summed E-state index contributed by atoms with van der Waals surface area (Å²) < 4.78 is 11.3. The summed E-state index contributed by atoms with van der Waals surface area (Å²) in [4.78, 5) is 19.2. The summed E-state index contributed by atoms with van der Waals surface area (Å²) >= 11 is 0. The molecule has 1 aromatic rings. The number of benzene rings is 1. The molecule has 0 bridgehead atoms. The molecule has 1 aliphatic heterocycles. The van der Waals surface area contributed by atoms with Crippen molar-refractivity contribution in [2.45, 2.75) is 51.5 Å². The Labute approximate surface area is 205 Å². The number of nitrogens with zero attached hydrogens (tertiary/aromatic N) is 2. The van der Waals surface area contributed by atoms with Crippen LogP contribution in [-0.2, 0) is 9.53 Å². The first-order valence-electron chi connectivity index (χ1n) is 12.8. The van der Waals surface area contributed by atoms with Crippen molar-refractivity contribution in [2.24, 2.45) is 10.9 Å². The van der Waals surface area contributed by atoms with Crippen LogP contribution in [0.3, 0.4) is 0 Å². The summed E-state index contributed by atoms with van der Waals surface area (Å²) in [6, 6.07) is 8.21. The van der Waals surface area contributed by atoms with Crippen molar-refractivity contribution in [1.29, 1.82) is 0 Å². The number of aliphatic imine (C=N–C) groups is 1. The molecule has 6 heteroatoms. The second-order valence-corrected chi connectivity index (χ2v) is 9.26. The highest BCUT2D eigenvalue weighted by molar-refractivity contribution is 6.10. The predicted molar refractivity (Wildman–Crippen MR) is 140 cm³/mol. The van der Waals surface area contributed by atoms with Crippen molar-refractivity contribution >= 4 is 17.7 Å². The van der Waals surface area contributed by atoms with Crippen LogP contribution >= 0.6 is 0 Å². The molecule has 6 nitrogen and oxygen atoms in total. The fourth-order valence-electron chi connectivity index (χ4n) is 4.67. The van der Waals surface area contributed by atoms with Gasteiger partial charge in [0.05, 0.1) is 19.8 Å². The molecule has 0 radical (unpaired) electrons. The lowest BCUT2D eigenvalue weighted by Gasteiger charge is -2.28. The summed E-state index contributed by atoms with van der Waals surface area (Å²) in [6.07, 6.45) is 12.7. The number of carbonyl (C=O) groups excluding carboxylic acids is 1. The quantitative estimate of drug-likeness (QED) is 0.279. The first kappa shape index (κ1) is 26.2. The number of carbonyl (C=O) groups is 1. The minimum Gasteiger partial charge on any atom is -0.494 e. The van der Waals surface area contributed by atoms with Crippen LogP contribution in [0.5, 0.6) is 5.75 Å². The topological polar surface area (TPSA) is 63.2 Å². The molecule has 1 saturated carbocycles. The molecule has 0 unspecified atom stereocenters. The minimum absolute atomic E-state index is 0.0203. The van der Waals surface area contributed by atoms with Gasteiger partial charge in [-0.2, -0.15) is 0 Å². The Hall–Kier alpha value is -2.44. The maximum atomic E-state index is 12.4. The number of hydrogen-bond acceptors (Lipinski definition) is 5. The van der Waals surface area contributed by atoms with E-state index in [2.05, 4.69) is 28.7 Å². The van der Waals surface area contributed by atoms with Gasteiger partial charge in [0.1, 0.15) is 12.3 Å². The normalized spacial score (nSPS) is 19.1. The molecule has 1 saturated heterocycles. The van der Waals surface area contributed by atoms with E-state index in [1.807, 2.05) is 30.3 Å². The number of allylic oxidation sites excluding steroid dienone is 3. The van der Waals surface area contributed by atoms with E-state index in [0.29, 0.717) is 12.5 Å². The lowest BCUT2D eigenvalue weighted by molar-refractivity contribution is -0.120. The number of nitrogens with one attached hydrogen (secondary N) is 1. The molecule has 1 aliphatic carbocycles. The second kappa shape index (κ2) is 14.7. The van der Waals surface area contributed by atoms with Gasteiger partial charge < -0.3 is 14.8 Å². The Morgan fingerprint density at radius 1 is 1.24 bits per heavy atom. The molecule has 1 atom stereocenters. The zero-order chi connectivity index (χ0) is 24.0. The fourth-order valence-corrected chi connectivity index (χ4v) is 4.67. The van der Waals surface area contributed by atoms with E-state index in [-0.39, 0.29) is 18.5 Å². The van der Waals surface area contributed by atoms with E-state index in [1.54, 1.807) is 12.3 Å². The van der Waals surface area contributed by atoms with E-state index in [9.17, 15) is 4.79 Å². The highest BCUT2D eigenvalue weighted by atomic mass is 16.5. The number of ether oxygens (including phenoxy) is 2. The van der Waals surface area contributed by atoms with Gasteiger partial charge in [-0.3, -0.25) is 14.7 Å². The van der Waals surface area contributed by atoms with Crippen molar-refractivity contribution < 1.29 is 14.3 Å². The van der Waals surface area contributed by atoms with Crippen molar-refractivity contribution in [2.75, 3.05) is 46.0 Å². The predicted octanol–water partition coefficient (Wildman–Crippen LogP) is 4.51. The molecule has 34 heavy (non-hydrogen) atoms. The van der Waals surface area contributed by atoms with Crippen LogP contribution in [0.2, 0.25) is 0 Å². The molecule has 1 heterocycles. The monoisotopic (exact) mass is 467 g/mol. The molecule has 0 aromatic heterocycles. The van der Waals surface area contributed by atoms with Crippen LogP contribution in [0.1, 0.15) is 51.0 Å². The SMILES string of the molecule is C=C/C=C(\C=NCC(=O)N[C@@H](C)C1CCCCC1)c1ccc(OCCCN2CCOCC2)cc1. The average Bonchev–Trinajstić information content (AvgIpc) is 2.87. The Balaban J connectivity index is 1.42. The van der Waals surface area contributed by atoms with Crippen LogP contribution in [0, 0.1) is 5.92 Å². The Morgan fingerprint density at radius 2 is 1.97 bits per heavy atom. The summed E-state index contributed by atoms with van der Waals surface area (Å²) in [7, 11) is 0. The van der Waals surface area contributed by atoms with E-state index >= 15 is 0 Å². The third kappa shape index (κ3) is 9.07. The first-order chi connectivity index (χ1) is 16.7. The molecule has 2 fully saturated rings. The van der Waals surface area contributed by atoms with Crippen molar-refractivity contribution in [3.63, 3.8) is 0 Å². The molecular weight excluding hydrogens is 426 g/mol. The zero-order valence-electron chi connectivity index (χ0n) is 20.7. The molecule has 1 amide bonds. The van der Waals surface area contributed by atoms with E-state index < -0.39 is 0 Å². The number of hydrogen-bond donors (Lipinski definition) is 1. The van der Waals surface area contributed by atoms with E-state index in [1.165, 1.54) is 32.1 Å². The van der Waals surface area contributed by atoms with Gasteiger partial charge in [0.25, 0.3) is 0 Å².